The van der Waals surface area contributed by atoms with Gasteiger partial charge in [-0.1, -0.05) is 6.08 Å². The van der Waals surface area contributed by atoms with E-state index in [1.165, 1.54) is 6.20 Å². The fourth-order valence-corrected chi connectivity index (χ4v) is 4.72. The molecule has 1 aromatic rings. The van der Waals surface area contributed by atoms with Gasteiger partial charge < -0.3 is 30.1 Å². The summed E-state index contributed by atoms with van der Waals surface area (Å²) >= 11 is 0. The van der Waals surface area contributed by atoms with Crippen molar-refractivity contribution in [1.82, 2.24) is 14.9 Å². The lowest BCUT2D eigenvalue weighted by atomic mass is 9.95. The number of piperidine rings is 2. The van der Waals surface area contributed by atoms with Crippen LogP contribution in [-0.4, -0.2) is 75.1 Å². The number of carboxylic acid groups (broad SMARTS) is 1. The normalized spacial score (nSPS) is 20.8. The van der Waals surface area contributed by atoms with E-state index in [-0.39, 0.29) is 42.4 Å². The molecular weight excluding hydrogens is 466 g/mol. The Kier molecular flexibility index (Phi) is 8.40. The zero-order valence-electron chi connectivity index (χ0n) is 20.3. The number of hydrogen-bond donors (Lipinski definition) is 3. The van der Waals surface area contributed by atoms with Gasteiger partial charge in [-0.3, -0.25) is 19.4 Å². The average molecular weight is 500 g/mol. The number of rotatable bonds is 8. The lowest BCUT2D eigenvalue weighted by Crippen LogP contribution is -2.41. The first-order chi connectivity index (χ1) is 17.4. The Balaban J connectivity index is 1.29. The molecule has 2 amide bonds. The van der Waals surface area contributed by atoms with E-state index in [1.807, 2.05) is 12.2 Å². The second-order valence-corrected chi connectivity index (χ2v) is 9.38. The highest BCUT2D eigenvalue weighted by atomic mass is 16.5. The van der Waals surface area contributed by atoms with Gasteiger partial charge in [0.1, 0.15) is 17.7 Å². The van der Waals surface area contributed by atoms with Crippen LogP contribution in [0, 0.1) is 5.92 Å². The van der Waals surface area contributed by atoms with Gasteiger partial charge in [-0.15, -0.1) is 0 Å². The van der Waals surface area contributed by atoms with E-state index in [2.05, 4.69) is 20.2 Å². The number of aromatic nitrogens is 2. The number of aliphatic hydroxyl groups is 1. The molecule has 3 heterocycles. The Hall–Kier alpha value is -3.63. The molecular formula is C25H33N5O6. The average Bonchev–Trinajstić information content (AvgIpc) is 2.89. The maximum absolute atomic E-state index is 12.8. The number of nitrogens with one attached hydrogen (secondary N) is 1. The predicted molar refractivity (Wildman–Crippen MR) is 131 cm³/mol. The molecule has 3 aliphatic rings. The molecule has 11 nitrogen and oxygen atoms in total. The lowest BCUT2D eigenvalue weighted by Gasteiger charge is -2.34. The third-order valence-electron chi connectivity index (χ3n) is 6.74. The molecule has 1 unspecified atom stereocenters. The Bertz CT molecular complexity index is 1030. The largest absolute Gasteiger partial charge is 0.508 e. The zero-order chi connectivity index (χ0) is 25.5. The molecule has 2 saturated heterocycles. The fraction of sp³-hybridized carbons (Fsp3) is 0.560. The van der Waals surface area contributed by atoms with E-state index in [0.29, 0.717) is 56.3 Å². The summed E-state index contributed by atoms with van der Waals surface area (Å²) in [6.07, 6.45) is 10.9. The molecule has 0 radical (unpaired) electrons. The SMILES string of the molecule is O=C(O)CCC(=O)N1CCC(C(=O)Nc2cncc(N3CCCC(OC4=C(O)CCC=C4)C3)n2)CC1. The molecule has 0 spiro atoms. The fourth-order valence-electron chi connectivity index (χ4n) is 4.72. The van der Waals surface area contributed by atoms with Gasteiger partial charge in [0, 0.05) is 38.4 Å². The number of hydrogen-bond acceptors (Lipinski definition) is 8. The first-order valence-electron chi connectivity index (χ1n) is 12.5. The van der Waals surface area contributed by atoms with Gasteiger partial charge in [-0.25, -0.2) is 4.98 Å². The molecule has 194 valence electrons. The maximum atomic E-state index is 12.8. The second-order valence-electron chi connectivity index (χ2n) is 9.38. The first-order valence-corrected chi connectivity index (χ1v) is 12.5. The van der Waals surface area contributed by atoms with Gasteiger partial charge >= 0.3 is 5.97 Å². The highest BCUT2D eigenvalue weighted by Crippen LogP contribution is 2.26. The Morgan fingerprint density at radius 1 is 1.11 bits per heavy atom. The number of anilines is 2. The van der Waals surface area contributed by atoms with Crippen LogP contribution in [0.4, 0.5) is 11.6 Å². The smallest absolute Gasteiger partial charge is 0.303 e. The quantitative estimate of drug-likeness (QED) is 0.491. The monoisotopic (exact) mass is 499 g/mol. The lowest BCUT2D eigenvalue weighted by molar-refractivity contribution is -0.141. The summed E-state index contributed by atoms with van der Waals surface area (Å²) < 4.78 is 6.05. The summed E-state index contributed by atoms with van der Waals surface area (Å²) in [6.45, 7) is 2.25. The van der Waals surface area contributed by atoms with Crippen LogP contribution in [0.15, 0.2) is 36.1 Å². The van der Waals surface area contributed by atoms with Gasteiger partial charge in [-0.05, 0) is 38.2 Å². The first kappa shape index (κ1) is 25.5. The van der Waals surface area contributed by atoms with Crippen LogP contribution in [0.25, 0.3) is 0 Å². The van der Waals surface area contributed by atoms with Crippen molar-refractivity contribution in [1.29, 1.82) is 0 Å². The number of amides is 2. The van der Waals surface area contributed by atoms with Crippen LogP contribution in [-0.2, 0) is 19.1 Å². The van der Waals surface area contributed by atoms with Crippen LogP contribution >= 0.6 is 0 Å². The minimum atomic E-state index is -0.994. The van der Waals surface area contributed by atoms with Gasteiger partial charge in [-0.2, -0.15) is 0 Å². The van der Waals surface area contributed by atoms with E-state index >= 15 is 0 Å². The molecule has 2 fully saturated rings. The van der Waals surface area contributed by atoms with Gasteiger partial charge in [0.05, 0.1) is 25.4 Å². The molecule has 0 saturated carbocycles. The number of likely N-dealkylation sites (tertiary alicyclic amines) is 1. The molecule has 1 atom stereocenters. The molecule has 11 heteroatoms. The molecule has 2 aliphatic heterocycles. The number of carboxylic acids is 1. The minimum Gasteiger partial charge on any atom is -0.508 e. The summed E-state index contributed by atoms with van der Waals surface area (Å²) in [5.41, 5.74) is 0. The van der Waals surface area contributed by atoms with E-state index < -0.39 is 5.97 Å². The van der Waals surface area contributed by atoms with E-state index in [9.17, 15) is 19.5 Å². The van der Waals surface area contributed by atoms with Crippen LogP contribution in [0.2, 0.25) is 0 Å². The second kappa shape index (κ2) is 11.9. The molecule has 4 rings (SSSR count). The standard InChI is InChI=1S/C25H33N5O6/c31-19-5-1-2-6-20(19)36-18-4-3-11-30(16-18)22-15-26-14-21(27-22)28-25(35)17-9-12-29(13-10-17)23(32)7-8-24(33)34/h2,6,14-15,17-18,31H,1,3-5,7-13,16H2,(H,33,34)(H,27,28,35). The van der Waals surface area contributed by atoms with Crippen molar-refractivity contribution in [2.75, 3.05) is 36.4 Å². The summed E-state index contributed by atoms with van der Waals surface area (Å²) in [6, 6.07) is 0. The molecule has 1 aliphatic carbocycles. The third kappa shape index (κ3) is 6.73. The predicted octanol–water partition coefficient (Wildman–Crippen LogP) is 2.62. The Morgan fingerprint density at radius 3 is 2.67 bits per heavy atom. The molecule has 3 N–H and O–H groups in total. The number of aliphatic hydroxyl groups excluding tert-OH is 1. The van der Waals surface area contributed by atoms with Crippen LogP contribution in [0.5, 0.6) is 0 Å². The number of aliphatic carboxylic acids is 1. The van der Waals surface area contributed by atoms with Gasteiger partial charge in [0.25, 0.3) is 0 Å². The minimum absolute atomic E-state index is 0.0214. The summed E-state index contributed by atoms with van der Waals surface area (Å²) in [5.74, 6) is 0.246. The number of nitrogens with zero attached hydrogens (tertiary/aromatic N) is 4. The number of carbonyl (C=O) groups excluding carboxylic acids is 2. The highest BCUT2D eigenvalue weighted by Gasteiger charge is 2.28. The molecule has 1 aromatic heterocycles. The van der Waals surface area contributed by atoms with Crippen molar-refractivity contribution in [2.45, 2.75) is 57.5 Å². The summed E-state index contributed by atoms with van der Waals surface area (Å²) in [4.78, 5) is 48.2. The highest BCUT2D eigenvalue weighted by molar-refractivity contribution is 5.92. The van der Waals surface area contributed by atoms with Crippen molar-refractivity contribution in [3.8, 4) is 0 Å². The number of ether oxygens (including phenoxy) is 1. The topological polar surface area (TPSA) is 145 Å². The van der Waals surface area contributed by atoms with E-state index in [4.69, 9.17) is 9.84 Å². The maximum Gasteiger partial charge on any atom is 0.303 e. The summed E-state index contributed by atoms with van der Waals surface area (Å²) in [5, 5.41) is 21.7. The number of allylic oxidation sites excluding steroid dienone is 3. The van der Waals surface area contributed by atoms with Crippen molar-refractivity contribution >= 4 is 29.4 Å². The molecule has 0 bridgehead atoms. The van der Waals surface area contributed by atoms with E-state index in [0.717, 1.165) is 25.8 Å². The van der Waals surface area contributed by atoms with E-state index in [1.54, 1.807) is 11.1 Å². The Morgan fingerprint density at radius 2 is 1.92 bits per heavy atom. The van der Waals surface area contributed by atoms with Crippen LogP contribution in [0.3, 0.4) is 0 Å². The van der Waals surface area contributed by atoms with Crippen molar-refractivity contribution in [3.63, 3.8) is 0 Å². The molecule has 36 heavy (non-hydrogen) atoms. The van der Waals surface area contributed by atoms with Crippen molar-refractivity contribution in [2.24, 2.45) is 5.92 Å². The molecule has 0 aromatic carbocycles. The Labute approximate surface area is 209 Å². The summed E-state index contributed by atoms with van der Waals surface area (Å²) in [7, 11) is 0. The zero-order valence-corrected chi connectivity index (χ0v) is 20.3. The van der Waals surface area contributed by atoms with Crippen molar-refractivity contribution in [3.05, 3.63) is 36.1 Å². The van der Waals surface area contributed by atoms with Gasteiger partial charge in [0.15, 0.2) is 11.6 Å². The van der Waals surface area contributed by atoms with Crippen LogP contribution < -0.4 is 10.2 Å². The third-order valence-corrected chi connectivity index (χ3v) is 6.74. The van der Waals surface area contributed by atoms with Crippen molar-refractivity contribution < 1.29 is 29.3 Å². The number of carbonyl (C=O) groups is 3. The van der Waals surface area contributed by atoms with Gasteiger partial charge in [0.2, 0.25) is 11.8 Å². The van der Waals surface area contributed by atoms with Crippen LogP contribution in [0.1, 0.15) is 51.4 Å².